The Balaban J connectivity index is 1.37. The minimum atomic E-state index is -0.444. The molecule has 11 nitrogen and oxygen atoms in total. The third-order valence-electron chi connectivity index (χ3n) is 6.02. The van der Waals surface area contributed by atoms with Crippen molar-refractivity contribution < 1.29 is 18.7 Å². The van der Waals surface area contributed by atoms with Crippen molar-refractivity contribution in [3.8, 4) is 6.01 Å². The van der Waals surface area contributed by atoms with Gasteiger partial charge in [-0.25, -0.2) is 9.59 Å². The predicted octanol–water partition coefficient (Wildman–Crippen LogP) is 2.56. The standard InChI is InChI=1S/C23H32N6O5/c1-3-5-12-33-22-26-19(24)18-20(27-22)29(23(31)25-18)13-15-8-10-28(11-9-15)14-16-6-7-17(34-16)21(30)32-4-2/h6-7,15H,3-5,8-14H2,1-2H3,(H,25,31)(H2,24,26,27). The lowest BCUT2D eigenvalue weighted by atomic mass is 9.96. The number of unbranched alkanes of at least 4 members (excludes halogenated alkanes) is 1. The Morgan fingerprint density at radius 1 is 1.26 bits per heavy atom. The third-order valence-corrected chi connectivity index (χ3v) is 6.02. The number of likely N-dealkylation sites (tertiary alicyclic amines) is 1. The molecule has 1 saturated heterocycles. The summed E-state index contributed by atoms with van der Waals surface area (Å²) in [4.78, 5) is 38.1. The van der Waals surface area contributed by atoms with Gasteiger partial charge in [0.2, 0.25) is 5.76 Å². The van der Waals surface area contributed by atoms with Gasteiger partial charge in [-0.3, -0.25) is 9.47 Å². The third kappa shape index (κ3) is 5.41. The van der Waals surface area contributed by atoms with Crippen LogP contribution in [0.1, 0.15) is 55.8 Å². The summed E-state index contributed by atoms with van der Waals surface area (Å²) in [5.74, 6) is 1.05. The highest BCUT2D eigenvalue weighted by molar-refractivity contribution is 5.86. The number of hydrogen-bond acceptors (Lipinski definition) is 9. The SMILES string of the molecule is CCCCOc1nc(N)c2[nH]c(=O)n(CC3CCN(Cc4ccc(C(=O)OCC)o4)CC3)c2n1. The number of carbonyl (C=O) groups is 1. The van der Waals surface area contributed by atoms with Crippen molar-refractivity contribution in [2.24, 2.45) is 5.92 Å². The van der Waals surface area contributed by atoms with Crippen LogP contribution in [0.2, 0.25) is 0 Å². The van der Waals surface area contributed by atoms with Gasteiger partial charge in [0, 0.05) is 6.54 Å². The van der Waals surface area contributed by atoms with Crippen molar-refractivity contribution in [3.63, 3.8) is 0 Å². The van der Waals surface area contributed by atoms with Gasteiger partial charge >= 0.3 is 17.7 Å². The first-order chi connectivity index (χ1) is 16.5. The first-order valence-corrected chi connectivity index (χ1v) is 11.9. The molecule has 0 atom stereocenters. The molecule has 1 aliphatic rings. The monoisotopic (exact) mass is 472 g/mol. The summed E-state index contributed by atoms with van der Waals surface area (Å²) < 4.78 is 17.9. The van der Waals surface area contributed by atoms with Crippen LogP contribution in [0, 0.1) is 5.92 Å². The van der Waals surface area contributed by atoms with E-state index in [2.05, 4.69) is 26.8 Å². The van der Waals surface area contributed by atoms with E-state index in [0.717, 1.165) is 44.5 Å². The number of imidazole rings is 1. The Labute approximate surface area is 197 Å². The van der Waals surface area contributed by atoms with Crippen LogP contribution in [0.15, 0.2) is 21.3 Å². The summed E-state index contributed by atoms with van der Waals surface area (Å²) in [5.41, 5.74) is 6.73. The number of hydrogen-bond donors (Lipinski definition) is 2. The van der Waals surface area contributed by atoms with Gasteiger partial charge in [-0.2, -0.15) is 9.97 Å². The van der Waals surface area contributed by atoms with Crippen LogP contribution in [0.5, 0.6) is 6.01 Å². The fraction of sp³-hybridized carbons (Fsp3) is 0.565. The van der Waals surface area contributed by atoms with Crippen LogP contribution in [0.25, 0.3) is 11.2 Å². The van der Waals surface area contributed by atoms with Crippen LogP contribution in [-0.4, -0.2) is 56.7 Å². The fourth-order valence-electron chi connectivity index (χ4n) is 4.15. The lowest BCUT2D eigenvalue weighted by Gasteiger charge is -2.31. The average molecular weight is 473 g/mol. The molecule has 3 aromatic rings. The Morgan fingerprint density at radius 3 is 2.79 bits per heavy atom. The molecule has 0 saturated carbocycles. The second kappa shape index (κ2) is 10.7. The molecular formula is C23H32N6O5. The molecule has 3 aromatic heterocycles. The summed E-state index contributed by atoms with van der Waals surface area (Å²) in [5, 5.41) is 0. The number of esters is 1. The molecule has 0 aliphatic carbocycles. The zero-order valence-electron chi connectivity index (χ0n) is 19.7. The number of carbonyl (C=O) groups excluding carboxylic acids is 1. The molecule has 0 spiro atoms. The summed E-state index contributed by atoms with van der Waals surface area (Å²) in [6.07, 6.45) is 3.73. The minimum absolute atomic E-state index is 0.196. The summed E-state index contributed by atoms with van der Waals surface area (Å²) in [7, 11) is 0. The predicted molar refractivity (Wildman–Crippen MR) is 126 cm³/mol. The number of rotatable bonds is 10. The van der Waals surface area contributed by atoms with Crippen LogP contribution < -0.4 is 16.2 Å². The number of aromatic nitrogens is 4. The molecule has 4 heterocycles. The number of piperidine rings is 1. The fourth-order valence-corrected chi connectivity index (χ4v) is 4.15. The van der Waals surface area contributed by atoms with Crippen molar-refractivity contribution >= 4 is 23.0 Å². The maximum atomic E-state index is 12.6. The molecule has 34 heavy (non-hydrogen) atoms. The largest absolute Gasteiger partial charge is 0.463 e. The second-order valence-corrected chi connectivity index (χ2v) is 8.54. The van der Waals surface area contributed by atoms with E-state index in [1.807, 2.05) is 6.07 Å². The molecule has 4 rings (SSSR count). The van der Waals surface area contributed by atoms with E-state index in [0.29, 0.717) is 43.4 Å². The zero-order valence-corrected chi connectivity index (χ0v) is 19.7. The highest BCUT2D eigenvalue weighted by Crippen LogP contribution is 2.24. The van der Waals surface area contributed by atoms with Crippen molar-refractivity contribution in [3.05, 3.63) is 34.1 Å². The Kier molecular flexibility index (Phi) is 7.51. The van der Waals surface area contributed by atoms with Crippen LogP contribution in [0.3, 0.4) is 0 Å². The zero-order chi connectivity index (χ0) is 24.1. The molecule has 1 aliphatic heterocycles. The minimum Gasteiger partial charge on any atom is -0.463 e. The van der Waals surface area contributed by atoms with E-state index >= 15 is 0 Å². The van der Waals surface area contributed by atoms with Crippen LogP contribution >= 0.6 is 0 Å². The summed E-state index contributed by atoms with van der Waals surface area (Å²) in [6, 6.07) is 3.66. The molecule has 0 unspecified atom stereocenters. The highest BCUT2D eigenvalue weighted by atomic mass is 16.5. The van der Waals surface area contributed by atoms with Gasteiger partial charge in [0.15, 0.2) is 11.5 Å². The van der Waals surface area contributed by atoms with Crippen molar-refractivity contribution in [1.29, 1.82) is 0 Å². The molecule has 1 fully saturated rings. The number of anilines is 1. The number of aromatic amines is 1. The van der Waals surface area contributed by atoms with Gasteiger partial charge in [0.25, 0.3) is 0 Å². The lowest BCUT2D eigenvalue weighted by Crippen LogP contribution is -2.35. The molecular weight excluding hydrogens is 440 g/mol. The number of H-pyrrole nitrogens is 1. The van der Waals surface area contributed by atoms with Gasteiger partial charge in [0.1, 0.15) is 11.3 Å². The number of fused-ring (bicyclic) bond motifs is 1. The van der Waals surface area contributed by atoms with Crippen LogP contribution in [0.4, 0.5) is 5.82 Å². The van der Waals surface area contributed by atoms with E-state index in [4.69, 9.17) is 19.6 Å². The van der Waals surface area contributed by atoms with Gasteiger partial charge in [0.05, 0.1) is 19.8 Å². The van der Waals surface area contributed by atoms with Gasteiger partial charge in [-0.1, -0.05) is 13.3 Å². The Morgan fingerprint density at radius 2 is 2.06 bits per heavy atom. The normalized spacial score (nSPS) is 15.1. The number of ether oxygens (including phenoxy) is 2. The number of furan rings is 1. The second-order valence-electron chi connectivity index (χ2n) is 8.54. The molecule has 0 bridgehead atoms. The molecule has 0 radical (unpaired) electrons. The van der Waals surface area contributed by atoms with Crippen molar-refractivity contribution in [1.82, 2.24) is 24.4 Å². The van der Waals surface area contributed by atoms with Crippen molar-refractivity contribution in [2.45, 2.75) is 52.6 Å². The summed E-state index contributed by atoms with van der Waals surface area (Å²) in [6.45, 7) is 7.55. The Hall–Kier alpha value is -3.34. The van der Waals surface area contributed by atoms with Gasteiger partial charge in [-0.15, -0.1) is 0 Å². The first-order valence-electron chi connectivity index (χ1n) is 11.9. The summed E-state index contributed by atoms with van der Waals surface area (Å²) >= 11 is 0. The van der Waals surface area contributed by atoms with Gasteiger partial charge in [-0.05, 0) is 57.3 Å². The number of nitrogens with one attached hydrogen (secondary N) is 1. The number of nitrogens with two attached hydrogens (primary N) is 1. The average Bonchev–Trinajstić information content (AvgIpc) is 3.41. The topological polar surface area (TPSA) is 142 Å². The maximum absolute atomic E-state index is 12.6. The number of nitrogen functional groups attached to an aromatic ring is 1. The number of nitrogens with zero attached hydrogens (tertiary/aromatic N) is 4. The molecule has 0 aromatic carbocycles. The maximum Gasteiger partial charge on any atom is 0.374 e. The molecule has 11 heteroatoms. The lowest BCUT2D eigenvalue weighted by molar-refractivity contribution is 0.0485. The van der Waals surface area contributed by atoms with E-state index in [-0.39, 0.29) is 23.3 Å². The molecule has 0 amide bonds. The molecule has 184 valence electrons. The van der Waals surface area contributed by atoms with E-state index in [9.17, 15) is 9.59 Å². The van der Waals surface area contributed by atoms with E-state index in [1.165, 1.54) is 0 Å². The molecule has 3 N–H and O–H groups in total. The van der Waals surface area contributed by atoms with E-state index < -0.39 is 5.97 Å². The quantitative estimate of drug-likeness (QED) is 0.336. The first kappa shape index (κ1) is 23.8. The Bertz CT molecular complexity index is 1170. The van der Waals surface area contributed by atoms with Gasteiger partial charge < -0.3 is 24.6 Å². The smallest absolute Gasteiger partial charge is 0.374 e. The van der Waals surface area contributed by atoms with Crippen LogP contribution in [-0.2, 0) is 17.8 Å². The van der Waals surface area contributed by atoms with Crippen molar-refractivity contribution in [2.75, 3.05) is 32.0 Å². The van der Waals surface area contributed by atoms with E-state index in [1.54, 1.807) is 17.6 Å². The highest BCUT2D eigenvalue weighted by Gasteiger charge is 2.24.